The van der Waals surface area contributed by atoms with Crippen molar-refractivity contribution in [3.8, 4) is 5.75 Å². The maximum absolute atomic E-state index is 12.2. The molecule has 0 aromatic carbocycles. The standard InChI is InChI=1S/C14H18N6O2/c1-19(2)13-11(4-3-6-15-13)22-10-5-7-20(8-10)14(21)12-16-9-17-18-12/h3-4,6,9-10H,5,7-8H2,1-2H3,(H,16,17,18)/t10-/m0/s1. The van der Waals surface area contributed by atoms with Gasteiger partial charge in [-0.05, 0) is 12.1 Å². The number of carbonyl (C=O) groups excluding carboxylic acids is 1. The van der Waals surface area contributed by atoms with Gasteiger partial charge >= 0.3 is 0 Å². The number of anilines is 1. The summed E-state index contributed by atoms with van der Waals surface area (Å²) >= 11 is 0. The number of pyridine rings is 1. The zero-order valence-corrected chi connectivity index (χ0v) is 12.6. The molecule has 3 heterocycles. The first kappa shape index (κ1) is 14.3. The van der Waals surface area contributed by atoms with Crippen molar-refractivity contribution < 1.29 is 9.53 Å². The van der Waals surface area contributed by atoms with Gasteiger partial charge in [-0.2, -0.15) is 5.10 Å². The summed E-state index contributed by atoms with van der Waals surface area (Å²) in [5.74, 6) is 1.62. The zero-order valence-electron chi connectivity index (χ0n) is 12.6. The fourth-order valence-corrected chi connectivity index (χ4v) is 2.46. The number of hydrogen-bond donors (Lipinski definition) is 1. The first-order chi connectivity index (χ1) is 10.6. The number of nitrogens with zero attached hydrogens (tertiary/aromatic N) is 5. The van der Waals surface area contributed by atoms with E-state index in [9.17, 15) is 4.79 Å². The normalized spacial score (nSPS) is 17.5. The second-order valence-electron chi connectivity index (χ2n) is 5.33. The van der Waals surface area contributed by atoms with Gasteiger partial charge in [0, 0.05) is 33.3 Å². The Morgan fingerprint density at radius 2 is 2.32 bits per heavy atom. The molecular formula is C14H18N6O2. The average molecular weight is 302 g/mol. The van der Waals surface area contributed by atoms with Crippen LogP contribution in [0.2, 0.25) is 0 Å². The molecular weight excluding hydrogens is 284 g/mol. The molecule has 3 rings (SSSR count). The van der Waals surface area contributed by atoms with Gasteiger partial charge in [-0.1, -0.05) is 0 Å². The van der Waals surface area contributed by atoms with Gasteiger partial charge in [0.15, 0.2) is 11.6 Å². The van der Waals surface area contributed by atoms with Gasteiger partial charge < -0.3 is 14.5 Å². The minimum atomic E-state index is -0.150. The smallest absolute Gasteiger partial charge is 0.291 e. The number of hydrogen-bond acceptors (Lipinski definition) is 6. The van der Waals surface area contributed by atoms with E-state index in [2.05, 4.69) is 20.2 Å². The first-order valence-electron chi connectivity index (χ1n) is 7.09. The van der Waals surface area contributed by atoms with E-state index in [1.807, 2.05) is 31.1 Å². The molecule has 1 N–H and O–H groups in total. The molecule has 0 aliphatic carbocycles. The summed E-state index contributed by atoms with van der Waals surface area (Å²) in [4.78, 5) is 24.0. The van der Waals surface area contributed by atoms with Gasteiger partial charge in [0.1, 0.15) is 12.4 Å². The summed E-state index contributed by atoms with van der Waals surface area (Å²) in [6.07, 6.45) is 3.80. The van der Waals surface area contributed by atoms with Crippen LogP contribution < -0.4 is 9.64 Å². The van der Waals surface area contributed by atoms with Crippen LogP contribution in [0.4, 0.5) is 5.82 Å². The van der Waals surface area contributed by atoms with Crippen LogP contribution in [-0.4, -0.2) is 64.3 Å². The molecule has 0 radical (unpaired) electrons. The van der Waals surface area contributed by atoms with Crippen LogP contribution in [0.1, 0.15) is 17.0 Å². The summed E-state index contributed by atoms with van der Waals surface area (Å²) in [6.45, 7) is 1.17. The molecule has 0 spiro atoms. The quantitative estimate of drug-likeness (QED) is 0.888. The van der Waals surface area contributed by atoms with E-state index < -0.39 is 0 Å². The van der Waals surface area contributed by atoms with Gasteiger partial charge in [-0.15, -0.1) is 0 Å². The molecule has 1 atom stereocenters. The molecule has 22 heavy (non-hydrogen) atoms. The Balaban J connectivity index is 1.65. The number of aromatic amines is 1. The number of ether oxygens (including phenoxy) is 1. The largest absolute Gasteiger partial charge is 0.485 e. The van der Waals surface area contributed by atoms with Gasteiger partial charge in [0.25, 0.3) is 5.91 Å². The summed E-state index contributed by atoms with van der Waals surface area (Å²) in [5.41, 5.74) is 0. The fraction of sp³-hybridized carbons (Fsp3) is 0.429. The third kappa shape index (κ3) is 2.85. The molecule has 8 heteroatoms. The van der Waals surface area contributed by atoms with E-state index in [-0.39, 0.29) is 17.8 Å². The minimum absolute atomic E-state index is 0.0465. The van der Waals surface area contributed by atoms with Crippen molar-refractivity contribution in [1.29, 1.82) is 0 Å². The number of aromatic nitrogens is 4. The van der Waals surface area contributed by atoms with Crippen molar-refractivity contribution in [3.63, 3.8) is 0 Å². The Labute approximate surface area is 128 Å². The van der Waals surface area contributed by atoms with Gasteiger partial charge in [-0.25, -0.2) is 9.97 Å². The van der Waals surface area contributed by atoms with E-state index in [1.54, 1.807) is 11.1 Å². The predicted octanol–water partition coefficient (Wildman–Crippen LogP) is 0.559. The molecule has 2 aromatic heterocycles. The van der Waals surface area contributed by atoms with Gasteiger partial charge in [0.05, 0.1) is 6.54 Å². The molecule has 8 nitrogen and oxygen atoms in total. The Bertz CT molecular complexity index is 643. The number of rotatable bonds is 4. The van der Waals surface area contributed by atoms with Crippen molar-refractivity contribution >= 4 is 11.7 Å². The molecule has 116 valence electrons. The van der Waals surface area contributed by atoms with Gasteiger partial charge in [0.2, 0.25) is 5.82 Å². The van der Waals surface area contributed by atoms with Crippen molar-refractivity contribution in [1.82, 2.24) is 25.1 Å². The summed E-state index contributed by atoms with van der Waals surface area (Å²) in [6, 6.07) is 3.73. The van der Waals surface area contributed by atoms with Crippen LogP contribution in [0.5, 0.6) is 5.75 Å². The highest BCUT2D eigenvalue weighted by Gasteiger charge is 2.30. The molecule has 1 aliphatic heterocycles. The van der Waals surface area contributed by atoms with E-state index >= 15 is 0 Å². The Morgan fingerprint density at radius 1 is 1.45 bits per heavy atom. The van der Waals surface area contributed by atoms with E-state index in [0.717, 1.165) is 18.0 Å². The first-order valence-corrected chi connectivity index (χ1v) is 7.09. The minimum Gasteiger partial charge on any atom is -0.485 e. The highest BCUT2D eigenvalue weighted by atomic mass is 16.5. The van der Waals surface area contributed by atoms with Crippen LogP contribution in [0.15, 0.2) is 24.7 Å². The third-order valence-corrected chi connectivity index (χ3v) is 3.52. The highest BCUT2D eigenvalue weighted by molar-refractivity contribution is 5.90. The maximum Gasteiger partial charge on any atom is 0.291 e. The maximum atomic E-state index is 12.2. The number of nitrogens with one attached hydrogen (secondary N) is 1. The van der Waals surface area contributed by atoms with Crippen LogP contribution in [0.3, 0.4) is 0 Å². The lowest BCUT2D eigenvalue weighted by atomic mass is 10.3. The second-order valence-corrected chi connectivity index (χ2v) is 5.33. The van der Waals surface area contributed by atoms with Crippen molar-refractivity contribution in [3.05, 3.63) is 30.5 Å². The van der Waals surface area contributed by atoms with Crippen molar-refractivity contribution in [2.24, 2.45) is 0 Å². The van der Waals surface area contributed by atoms with Crippen LogP contribution in [-0.2, 0) is 0 Å². The van der Waals surface area contributed by atoms with Crippen molar-refractivity contribution in [2.75, 3.05) is 32.1 Å². The Kier molecular flexibility index (Phi) is 3.90. The molecule has 0 saturated carbocycles. The molecule has 1 amide bonds. The average Bonchev–Trinajstić information content (AvgIpc) is 3.18. The summed E-state index contributed by atoms with van der Waals surface area (Å²) < 4.78 is 6.02. The topological polar surface area (TPSA) is 87.2 Å². The lowest BCUT2D eigenvalue weighted by Gasteiger charge is -2.20. The zero-order chi connectivity index (χ0) is 15.5. The highest BCUT2D eigenvalue weighted by Crippen LogP contribution is 2.26. The van der Waals surface area contributed by atoms with E-state index in [1.165, 1.54) is 6.33 Å². The second kappa shape index (κ2) is 6.00. The Hall–Kier alpha value is -2.64. The molecule has 1 saturated heterocycles. The van der Waals surface area contributed by atoms with Crippen LogP contribution in [0, 0.1) is 0 Å². The van der Waals surface area contributed by atoms with Gasteiger partial charge in [-0.3, -0.25) is 9.89 Å². The van der Waals surface area contributed by atoms with Crippen LogP contribution >= 0.6 is 0 Å². The molecule has 0 unspecified atom stereocenters. The summed E-state index contributed by atoms with van der Waals surface area (Å²) in [5, 5.41) is 6.30. The predicted molar refractivity (Wildman–Crippen MR) is 79.9 cm³/mol. The van der Waals surface area contributed by atoms with Crippen LogP contribution in [0.25, 0.3) is 0 Å². The lowest BCUT2D eigenvalue weighted by molar-refractivity contribution is 0.0761. The monoisotopic (exact) mass is 302 g/mol. The molecule has 1 fully saturated rings. The number of H-pyrrole nitrogens is 1. The SMILES string of the molecule is CN(C)c1ncccc1O[C@H]1CCN(C(=O)c2ncn[nH]2)C1. The Morgan fingerprint density at radius 3 is 3.05 bits per heavy atom. The van der Waals surface area contributed by atoms with E-state index in [4.69, 9.17) is 4.74 Å². The van der Waals surface area contributed by atoms with E-state index in [0.29, 0.717) is 13.1 Å². The number of likely N-dealkylation sites (tertiary alicyclic amines) is 1. The molecule has 1 aliphatic rings. The molecule has 2 aromatic rings. The third-order valence-electron chi connectivity index (χ3n) is 3.52. The summed E-state index contributed by atoms with van der Waals surface area (Å²) in [7, 11) is 3.84. The number of carbonyl (C=O) groups is 1. The fourth-order valence-electron chi connectivity index (χ4n) is 2.46. The lowest BCUT2D eigenvalue weighted by Crippen LogP contribution is -2.31. The molecule has 0 bridgehead atoms. The van der Waals surface area contributed by atoms with Crippen molar-refractivity contribution in [2.45, 2.75) is 12.5 Å². The number of amides is 1.